The zero-order valence-corrected chi connectivity index (χ0v) is 9.45. The van der Waals surface area contributed by atoms with Crippen LogP contribution in [0.25, 0.3) is 0 Å². The van der Waals surface area contributed by atoms with E-state index in [0.29, 0.717) is 13.0 Å². The van der Waals surface area contributed by atoms with Crippen molar-refractivity contribution < 1.29 is 4.79 Å². The topological polar surface area (TPSA) is 72.9 Å². The maximum atomic E-state index is 11.4. The first-order valence-corrected chi connectivity index (χ1v) is 4.90. The molecule has 0 atom stereocenters. The smallest absolute Gasteiger partial charge is 0.222 e. The summed E-state index contributed by atoms with van der Waals surface area (Å²) in [6, 6.07) is 0. The van der Waals surface area contributed by atoms with Gasteiger partial charge in [-0.3, -0.25) is 9.48 Å². The lowest BCUT2D eigenvalue weighted by Crippen LogP contribution is -2.38. The molecule has 0 bridgehead atoms. The summed E-state index contributed by atoms with van der Waals surface area (Å²) in [4.78, 5) is 11.4. The molecule has 0 unspecified atom stereocenters. The minimum Gasteiger partial charge on any atom is -0.352 e. The fourth-order valence-electron chi connectivity index (χ4n) is 1.24. The summed E-state index contributed by atoms with van der Waals surface area (Å²) in [5.74, 6) is -0.0358. The van der Waals surface area contributed by atoms with Crippen molar-refractivity contribution in [2.24, 2.45) is 12.8 Å². The molecule has 0 saturated carbocycles. The summed E-state index contributed by atoms with van der Waals surface area (Å²) >= 11 is 0. The lowest BCUT2D eigenvalue weighted by atomic mass is 10.0. The largest absolute Gasteiger partial charge is 0.352 e. The minimum atomic E-state index is -0.459. The molecule has 15 heavy (non-hydrogen) atoms. The Morgan fingerprint density at radius 3 is 2.80 bits per heavy atom. The Morgan fingerprint density at radius 1 is 1.67 bits per heavy atom. The number of carbonyl (C=O) groups excluding carboxylic acids is 1. The molecule has 84 valence electrons. The van der Waals surface area contributed by atoms with Gasteiger partial charge >= 0.3 is 0 Å². The molecule has 0 radical (unpaired) electrons. The molecule has 0 aliphatic rings. The highest BCUT2D eigenvalue weighted by molar-refractivity contribution is 5.77. The Bertz CT molecular complexity index is 337. The van der Waals surface area contributed by atoms with Crippen molar-refractivity contribution in [1.82, 2.24) is 15.1 Å². The third-order valence-electron chi connectivity index (χ3n) is 1.86. The van der Waals surface area contributed by atoms with E-state index in [2.05, 4.69) is 10.4 Å². The maximum absolute atomic E-state index is 11.4. The zero-order chi connectivity index (χ0) is 11.5. The van der Waals surface area contributed by atoms with Gasteiger partial charge in [0.25, 0.3) is 0 Å². The molecule has 0 spiro atoms. The number of nitrogens with two attached hydrogens (primary N) is 1. The molecular formula is C10H18N4O. The molecule has 3 N–H and O–H groups in total. The molecule has 0 fully saturated rings. The Kier molecular flexibility index (Phi) is 3.47. The molecular weight excluding hydrogens is 192 g/mol. The van der Waals surface area contributed by atoms with Gasteiger partial charge in [0.1, 0.15) is 0 Å². The van der Waals surface area contributed by atoms with Gasteiger partial charge in [-0.2, -0.15) is 5.10 Å². The number of hydrogen-bond donors (Lipinski definition) is 2. The van der Waals surface area contributed by atoms with E-state index in [9.17, 15) is 4.79 Å². The molecule has 1 aromatic heterocycles. The standard InChI is InChI=1S/C10H18N4O/c1-10(2,11)4-9(15)12-5-8-6-13-14(3)7-8/h6-7H,4-5,11H2,1-3H3,(H,12,15). The first-order valence-electron chi connectivity index (χ1n) is 4.90. The summed E-state index contributed by atoms with van der Waals surface area (Å²) in [7, 11) is 1.84. The average Bonchev–Trinajstić information content (AvgIpc) is 2.45. The summed E-state index contributed by atoms with van der Waals surface area (Å²) in [6.07, 6.45) is 3.93. The van der Waals surface area contributed by atoms with Crippen molar-refractivity contribution in [3.05, 3.63) is 18.0 Å². The third-order valence-corrected chi connectivity index (χ3v) is 1.86. The SMILES string of the molecule is Cn1cc(CNC(=O)CC(C)(C)N)cn1. The van der Waals surface area contributed by atoms with E-state index in [-0.39, 0.29) is 5.91 Å². The fourth-order valence-corrected chi connectivity index (χ4v) is 1.24. The molecule has 5 nitrogen and oxygen atoms in total. The molecule has 1 aromatic rings. The number of aromatic nitrogens is 2. The summed E-state index contributed by atoms with van der Waals surface area (Å²) in [5, 5.41) is 6.81. The van der Waals surface area contributed by atoms with Gasteiger partial charge in [-0.25, -0.2) is 0 Å². The van der Waals surface area contributed by atoms with Crippen LogP contribution < -0.4 is 11.1 Å². The molecule has 1 rings (SSSR count). The van der Waals surface area contributed by atoms with Crippen LogP contribution in [0.4, 0.5) is 0 Å². The molecule has 1 amide bonds. The Labute approximate surface area is 89.6 Å². The predicted octanol–water partition coefficient (Wildman–Crippen LogP) is 0.164. The van der Waals surface area contributed by atoms with E-state index in [1.54, 1.807) is 10.9 Å². The number of amides is 1. The van der Waals surface area contributed by atoms with Crippen LogP contribution in [0.1, 0.15) is 25.8 Å². The molecule has 0 aliphatic carbocycles. The first kappa shape index (κ1) is 11.7. The second-order valence-corrected chi connectivity index (χ2v) is 4.46. The molecule has 0 aromatic carbocycles. The highest BCUT2D eigenvalue weighted by Gasteiger charge is 2.15. The van der Waals surface area contributed by atoms with Crippen molar-refractivity contribution in [3.8, 4) is 0 Å². The van der Waals surface area contributed by atoms with Crippen LogP contribution in [-0.2, 0) is 18.4 Å². The van der Waals surface area contributed by atoms with Gasteiger partial charge in [0.15, 0.2) is 0 Å². The third kappa shape index (κ3) is 4.60. The second-order valence-electron chi connectivity index (χ2n) is 4.46. The maximum Gasteiger partial charge on any atom is 0.222 e. The van der Waals surface area contributed by atoms with Crippen LogP contribution in [0.3, 0.4) is 0 Å². The lowest BCUT2D eigenvalue weighted by Gasteiger charge is -2.17. The Balaban J connectivity index is 2.35. The van der Waals surface area contributed by atoms with Crippen molar-refractivity contribution in [2.75, 3.05) is 0 Å². The average molecular weight is 210 g/mol. The van der Waals surface area contributed by atoms with Crippen molar-refractivity contribution >= 4 is 5.91 Å². The quantitative estimate of drug-likeness (QED) is 0.743. The van der Waals surface area contributed by atoms with E-state index in [1.165, 1.54) is 0 Å². The Morgan fingerprint density at radius 2 is 2.33 bits per heavy atom. The summed E-state index contributed by atoms with van der Waals surface area (Å²) in [5.41, 5.74) is 6.26. The van der Waals surface area contributed by atoms with Crippen LogP contribution in [0.5, 0.6) is 0 Å². The second kappa shape index (κ2) is 4.44. The van der Waals surface area contributed by atoms with Crippen LogP contribution in [-0.4, -0.2) is 21.2 Å². The van der Waals surface area contributed by atoms with Gasteiger partial charge in [-0.05, 0) is 13.8 Å². The number of carbonyl (C=O) groups is 1. The van der Waals surface area contributed by atoms with Crippen LogP contribution in [0.2, 0.25) is 0 Å². The number of aryl methyl sites for hydroxylation is 1. The molecule has 1 heterocycles. The van der Waals surface area contributed by atoms with E-state index in [0.717, 1.165) is 5.56 Å². The molecule has 0 aliphatic heterocycles. The lowest BCUT2D eigenvalue weighted by molar-refractivity contribution is -0.122. The van der Waals surface area contributed by atoms with E-state index >= 15 is 0 Å². The normalized spacial score (nSPS) is 11.5. The fraction of sp³-hybridized carbons (Fsp3) is 0.600. The van der Waals surface area contributed by atoms with Gasteiger partial charge in [-0.1, -0.05) is 0 Å². The van der Waals surface area contributed by atoms with Gasteiger partial charge in [-0.15, -0.1) is 0 Å². The highest BCUT2D eigenvalue weighted by Crippen LogP contribution is 2.03. The highest BCUT2D eigenvalue weighted by atomic mass is 16.1. The van der Waals surface area contributed by atoms with Gasteiger partial charge in [0.2, 0.25) is 5.91 Å². The number of nitrogens with zero attached hydrogens (tertiary/aromatic N) is 2. The molecule has 5 heteroatoms. The first-order chi connectivity index (χ1) is 6.87. The van der Waals surface area contributed by atoms with Gasteiger partial charge < -0.3 is 11.1 Å². The number of nitrogens with one attached hydrogen (secondary N) is 1. The van der Waals surface area contributed by atoms with Crippen molar-refractivity contribution in [2.45, 2.75) is 32.4 Å². The van der Waals surface area contributed by atoms with Gasteiger partial charge in [0.05, 0.1) is 6.20 Å². The van der Waals surface area contributed by atoms with Gasteiger partial charge in [0, 0.05) is 37.3 Å². The monoisotopic (exact) mass is 210 g/mol. The zero-order valence-electron chi connectivity index (χ0n) is 9.45. The van der Waals surface area contributed by atoms with E-state index < -0.39 is 5.54 Å². The van der Waals surface area contributed by atoms with E-state index in [1.807, 2.05) is 27.1 Å². The van der Waals surface area contributed by atoms with Crippen LogP contribution in [0, 0.1) is 0 Å². The molecule has 0 saturated heterocycles. The van der Waals surface area contributed by atoms with Crippen LogP contribution >= 0.6 is 0 Å². The Hall–Kier alpha value is -1.36. The van der Waals surface area contributed by atoms with Crippen molar-refractivity contribution in [1.29, 1.82) is 0 Å². The van der Waals surface area contributed by atoms with E-state index in [4.69, 9.17) is 5.73 Å². The summed E-state index contributed by atoms with van der Waals surface area (Å²) < 4.78 is 1.70. The number of rotatable bonds is 4. The van der Waals surface area contributed by atoms with Crippen LogP contribution in [0.15, 0.2) is 12.4 Å². The summed E-state index contributed by atoms with van der Waals surface area (Å²) in [6.45, 7) is 4.16. The van der Waals surface area contributed by atoms with Crippen molar-refractivity contribution in [3.63, 3.8) is 0 Å². The predicted molar refractivity (Wildman–Crippen MR) is 57.9 cm³/mol. The number of hydrogen-bond acceptors (Lipinski definition) is 3. The minimum absolute atomic E-state index is 0.0358.